The highest BCUT2D eigenvalue weighted by Crippen LogP contribution is 2.40. The smallest absolute Gasteiger partial charge is 0.254 e. The van der Waals surface area contributed by atoms with Crippen LogP contribution in [0.1, 0.15) is 49.1 Å². The van der Waals surface area contributed by atoms with Gasteiger partial charge in [-0.2, -0.15) is 0 Å². The maximum Gasteiger partial charge on any atom is 0.254 e. The largest absolute Gasteiger partial charge is 0.491 e. The van der Waals surface area contributed by atoms with Crippen LogP contribution in [0.2, 0.25) is 0 Å². The minimum Gasteiger partial charge on any atom is -0.491 e. The predicted molar refractivity (Wildman–Crippen MR) is 106 cm³/mol. The topological polar surface area (TPSA) is 58.6 Å². The van der Waals surface area contributed by atoms with Crippen LogP contribution < -0.4 is 15.0 Å². The summed E-state index contributed by atoms with van der Waals surface area (Å²) in [6.07, 6.45) is 0.0456. The SMILES string of the molecule is CC(=O)NC1C(=O)N(Cc2ccccc2OC(C)C)c2c(C)cc(C)cc21. The van der Waals surface area contributed by atoms with E-state index in [2.05, 4.69) is 11.4 Å². The molecule has 2 aromatic carbocycles. The molecule has 1 unspecified atom stereocenters. The first-order valence-electron chi connectivity index (χ1n) is 9.22. The van der Waals surface area contributed by atoms with Crippen LogP contribution >= 0.6 is 0 Å². The quantitative estimate of drug-likeness (QED) is 0.875. The molecular weight excluding hydrogens is 340 g/mol. The maximum atomic E-state index is 13.2. The highest BCUT2D eigenvalue weighted by atomic mass is 16.5. The summed E-state index contributed by atoms with van der Waals surface area (Å²) in [5, 5.41) is 2.80. The van der Waals surface area contributed by atoms with E-state index in [0.29, 0.717) is 6.54 Å². The van der Waals surface area contributed by atoms with E-state index in [9.17, 15) is 9.59 Å². The van der Waals surface area contributed by atoms with Gasteiger partial charge in [-0.25, -0.2) is 0 Å². The van der Waals surface area contributed by atoms with Crippen molar-refractivity contribution in [3.63, 3.8) is 0 Å². The lowest BCUT2D eigenvalue weighted by atomic mass is 10.0. The summed E-state index contributed by atoms with van der Waals surface area (Å²) >= 11 is 0. The van der Waals surface area contributed by atoms with E-state index >= 15 is 0 Å². The average Bonchev–Trinajstić information content (AvgIpc) is 2.81. The minimum atomic E-state index is -0.644. The van der Waals surface area contributed by atoms with Crippen molar-refractivity contribution in [3.05, 3.63) is 58.7 Å². The number of carbonyl (C=O) groups is 2. The molecule has 0 bridgehead atoms. The lowest BCUT2D eigenvalue weighted by Gasteiger charge is -2.22. The molecule has 0 spiro atoms. The van der Waals surface area contributed by atoms with Crippen molar-refractivity contribution in [3.8, 4) is 5.75 Å². The van der Waals surface area contributed by atoms with Crippen molar-refractivity contribution in [2.45, 2.75) is 53.3 Å². The van der Waals surface area contributed by atoms with Crippen molar-refractivity contribution in [1.29, 1.82) is 0 Å². The van der Waals surface area contributed by atoms with Crippen LogP contribution in [0.25, 0.3) is 0 Å². The van der Waals surface area contributed by atoms with Gasteiger partial charge in [0.1, 0.15) is 11.8 Å². The van der Waals surface area contributed by atoms with Crippen molar-refractivity contribution in [2.24, 2.45) is 0 Å². The monoisotopic (exact) mass is 366 g/mol. The Kier molecular flexibility index (Phi) is 5.22. The van der Waals surface area contributed by atoms with Crippen molar-refractivity contribution >= 4 is 17.5 Å². The van der Waals surface area contributed by atoms with E-state index in [0.717, 1.165) is 33.7 Å². The van der Waals surface area contributed by atoms with Crippen LogP contribution in [-0.2, 0) is 16.1 Å². The second-order valence-electron chi connectivity index (χ2n) is 7.35. The number of hydrogen-bond acceptors (Lipinski definition) is 3. The lowest BCUT2D eigenvalue weighted by Crippen LogP contribution is -2.36. The number of carbonyl (C=O) groups excluding carboxylic acids is 2. The molecule has 0 radical (unpaired) electrons. The van der Waals surface area contributed by atoms with Gasteiger partial charge >= 0.3 is 0 Å². The Morgan fingerprint density at radius 3 is 2.59 bits per heavy atom. The van der Waals surface area contributed by atoms with Gasteiger partial charge in [-0.3, -0.25) is 9.59 Å². The van der Waals surface area contributed by atoms with Gasteiger partial charge in [0.25, 0.3) is 5.91 Å². The summed E-state index contributed by atoms with van der Waals surface area (Å²) in [4.78, 5) is 26.6. The number of benzene rings is 2. The van der Waals surface area contributed by atoms with Gasteiger partial charge in [0.2, 0.25) is 5.91 Å². The molecule has 5 heteroatoms. The first-order chi connectivity index (χ1) is 12.8. The van der Waals surface area contributed by atoms with Crippen LogP contribution in [0, 0.1) is 13.8 Å². The van der Waals surface area contributed by atoms with Crippen LogP contribution in [-0.4, -0.2) is 17.9 Å². The van der Waals surface area contributed by atoms with E-state index in [1.807, 2.05) is 58.0 Å². The molecule has 2 amide bonds. The Morgan fingerprint density at radius 2 is 1.93 bits per heavy atom. The third-order valence-electron chi connectivity index (χ3n) is 4.58. The number of rotatable bonds is 5. The van der Waals surface area contributed by atoms with Gasteiger partial charge in [-0.05, 0) is 39.3 Å². The predicted octanol–water partition coefficient (Wildman–Crippen LogP) is 3.81. The second-order valence-corrected chi connectivity index (χ2v) is 7.35. The van der Waals surface area contributed by atoms with Gasteiger partial charge in [-0.1, -0.05) is 35.9 Å². The molecule has 1 atom stereocenters. The summed E-state index contributed by atoms with van der Waals surface area (Å²) in [6.45, 7) is 9.79. The first kappa shape index (κ1) is 19.0. The molecule has 1 aliphatic rings. The van der Waals surface area contributed by atoms with E-state index < -0.39 is 6.04 Å². The molecule has 142 valence electrons. The summed E-state index contributed by atoms with van der Waals surface area (Å²) in [5.41, 5.74) is 4.76. The molecule has 1 aliphatic heterocycles. The van der Waals surface area contributed by atoms with E-state index in [4.69, 9.17) is 4.74 Å². The summed E-state index contributed by atoms with van der Waals surface area (Å²) in [6, 6.07) is 11.2. The fourth-order valence-electron chi connectivity index (χ4n) is 3.65. The number of hydrogen-bond donors (Lipinski definition) is 1. The third-order valence-corrected chi connectivity index (χ3v) is 4.58. The van der Waals surface area contributed by atoms with E-state index in [-0.39, 0.29) is 17.9 Å². The standard InChI is InChI=1S/C22H26N2O3/c1-13(2)27-19-9-7-6-8-17(19)12-24-21-15(4)10-14(3)11-18(21)20(22(24)26)23-16(5)25/h6-11,13,20H,12H2,1-5H3,(H,23,25). The number of nitrogens with one attached hydrogen (secondary N) is 1. The fourth-order valence-corrected chi connectivity index (χ4v) is 3.65. The fraction of sp³-hybridized carbons (Fsp3) is 0.364. The van der Waals surface area contributed by atoms with Crippen LogP contribution in [0.3, 0.4) is 0 Å². The van der Waals surface area contributed by atoms with Gasteiger partial charge in [-0.15, -0.1) is 0 Å². The number of nitrogens with zero attached hydrogens (tertiary/aromatic N) is 1. The normalized spacial score (nSPS) is 15.9. The highest BCUT2D eigenvalue weighted by Gasteiger charge is 2.39. The molecule has 5 nitrogen and oxygen atoms in total. The van der Waals surface area contributed by atoms with Gasteiger partial charge in [0.05, 0.1) is 18.3 Å². The maximum absolute atomic E-state index is 13.2. The summed E-state index contributed by atoms with van der Waals surface area (Å²) in [7, 11) is 0. The average molecular weight is 366 g/mol. The Balaban J connectivity index is 2.03. The molecule has 0 aliphatic carbocycles. The molecule has 2 aromatic rings. The summed E-state index contributed by atoms with van der Waals surface area (Å²) in [5.74, 6) is 0.437. The van der Waals surface area contributed by atoms with Crippen LogP contribution in [0.4, 0.5) is 5.69 Å². The third kappa shape index (κ3) is 3.82. The number of ether oxygens (including phenoxy) is 1. The molecule has 1 heterocycles. The van der Waals surface area contributed by atoms with Gasteiger partial charge in [0, 0.05) is 18.1 Å². The van der Waals surface area contributed by atoms with Crippen LogP contribution in [0.15, 0.2) is 36.4 Å². The number of para-hydroxylation sites is 1. The number of fused-ring (bicyclic) bond motifs is 1. The molecule has 0 saturated heterocycles. The number of amides is 2. The van der Waals surface area contributed by atoms with Gasteiger partial charge < -0.3 is 15.0 Å². The Bertz CT molecular complexity index is 889. The minimum absolute atomic E-state index is 0.0456. The summed E-state index contributed by atoms with van der Waals surface area (Å²) < 4.78 is 5.91. The molecular formula is C22H26N2O3. The molecule has 0 fully saturated rings. The molecule has 0 aromatic heterocycles. The zero-order valence-corrected chi connectivity index (χ0v) is 16.5. The second kappa shape index (κ2) is 7.43. The molecule has 27 heavy (non-hydrogen) atoms. The zero-order valence-electron chi connectivity index (χ0n) is 16.5. The lowest BCUT2D eigenvalue weighted by molar-refractivity contribution is -0.126. The molecule has 3 rings (SSSR count). The van der Waals surface area contributed by atoms with Crippen LogP contribution in [0.5, 0.6) is 5.75 Å². The zero-order chi connectivity index (χ0) is 19.7. The number of anilines is 1. The van der Waals surface area contributed by atoms with E-state index in [1.165, 1.54) is 6.92 Å². The van der Waals surface area contributed by atoms with Gasteiger partial charge in [0.15, 0.2) is 0 Å². The Morgan fingerprint density at radius 1 is 1.22 bits per heavy atom. The van der Waals surface area contributed by atoms with Crippen molar-refractivity contribution in [2.75, 3.05) is 4.90 Å². The Labute approximate surface area is 160 Å². The Hall–Kier alpha value is -2.82. The number of aryl methyl sites for hydroxylation is 2. The van der Waals surface area contributed by atoms with Crippen molar-refractivity contribution in [1.82, 2.24) is 5.32 Å². The van der Waals surface area contributed by atoms with E-state index in [1.54, 1.807) is 4.90 Å². The first-order valence-corrected chi connectivity index (χ1v) is 9.22. The molecule has 1 N–H and O–H groups in total. The molecule has 0 saturated carbocycles. The highest BCUT2D eigenvalue weighted by molar-refractivity contribution is 6.06. The van der Waals surface area contributed by atoms with Crippen molar-refractivity contribution < 1.29 is 14.3 Å².